The summed E-state index contributed by atoms with van der Waals surface area (Å²) in [6.45, 7) is 10.1. The molecule has 1 atom stereocenters. The van der Waals surface area contributed by atoms with E-state index in [9.17, 15) is 4.79 Å². The van der Waals surface area contributed by atoms with Crippen LogP contribution in [0.5, 0.6) is 5.75 Å². The van der Waals surface area contributed by atoms with E-state index in [-0.39, 0.29) is 11.2 Å². The molecule has 0 amide bonds. The van der Waals surface area contributed by atoms with Crippen molar-refractivity contribution in [3.63, 3.8) is 0 Å². The molecular weight excluding hydrogens is 442 g/mol. The van der Waals surface area contributed by atoms with Gasteiger partial charge in [0.1, 0.15) is 23.9 Å². The van der Waals surface area contributed by atoms with Gasteiger partial charge < -0.3 is 14.4 Å². The summed E-state index contributed by atoms with van der Waals surface area (Å²) in [7, 11) is 3.72. The first-order valence-electron chi connectivity index (χ1n) is 12.7. The van der Waals surface area contributed by atoms with Gasteiger partial charge >= 0.3 is 0 Å². The van der Waals surface area contributed by atoms with E-state index >= 15 is 0 Å². The molecule has 1 saturated heterocycles. The Balaban J connectivity index is 1.46. The summed E-state index contributed by atoms with van der Waals surface area (Å²) in [5.41, 5.74) is 2.89. The van der Waals surface area contributed by atoms with Crippen LogP contribution in [0.2, 0.25) is 0 Å². The number of fused-ring (bicyclic) bond motifs is 1. The minimum absolute atomic E-state index is 0.0265. The molecule has 3 heterocycles. The number of anilines is 1. The molecule has 0 unspecified atom stereocenters. The van der Waals surface area contributed by atoms with E-state index in [1.807, 2.05) is 24.1 Å². The third-order valence-electron chi connectivity index (χ3n) is 6.61. The number of aryl methyl sites for hydroxylation is 1. The van der Waals surface area contributed by atoms with Crippen LogP contribution in [0.15, 0.2) is 18.3 Å². The normalized spacial score (nSPS) is 18.0. The summed E-state index contributed by atoms with van der Waals surface area (Å²) < 4.78 is 11.5. The molecule has 8 heteroatoms. The van der Waals surface area contributed by atoms with Gasteiger partial charge in [0.2, 0.25) is 0 Å². The fourth-order valence-electron chi connectivity index (χ4n) is 4.94. The van der Waals surface area contributed by atoms with Crippen LogP contribution in [0.1, 0.15) is 51.3 Å². The molecule has 0 spiro atoms. The van der Waals surface area contributed by atoms with Crippen molar-refractivity contribution in [3.8, 4) is 17.3 Å². The Bertz CT molecular complexity index is 1040. The SMILES string of the molecule is CO[C@@H]1CCN(CCOc2ccnc(-c3nc4c(c(N(C)CC(=O)CC(C)(C)C)n3)CCC4)c2)C1. The van der Waals surface area contributed by atoms with Gasteiger partial charge in [0.25, 0.3) is 0 Å². The molecule has 8 nitrogen and oxygen atoms in total. The van der Waals surface area contributed by atoms with E-state index < -0.39 is 0 Å². The van der Waals surface area contributed by atoms with Gasteiger partial charge in [-0.2, -0.15) is 0 Å². The maximum absolute atomic E-state index is 12.6. The molecule has 0 radical (unpaired) electrons. The Morgan fingerprint density at radius 3 is 2.83 bits per heavy atom. The highest BCUT2D eigenvalue weighted by atomic mass is 16.5. The van der Waals surface area contributed by atoms with Crippen molar-refractivity contribution in [1.82, 2.24) is 19.9 Å². The molecule has 35 heavy (non-hydrogen) atoms. The summed E-state index contributed by atoms with van der Waals surface area (Å²) in [5, 5.41) is 0. The molecular formula is C27H39N5O3. The van der Waals surface area contributed by atoms with Crippen molar-refractivity contribution < 1.29 is 14.3 Å². The summed E-state index contributed by atoms with van der Waals surface area (Å²) in [5.74, 6) is 2.41. The van der Waals surface area contributed by atoms with Gasteiger partial charge in [-0.25, -0.2) is 9.97 Å². The van der Waals surface area contributed by atoms with Crippen LogP contribution in [0.25, 0.3) is 11.5 Å². The number of methoxy groups -OCH3 is 1. The molecule has 1 aliphatic carbocycles. The number of Topliss-reactive ketones (excluding diaryl/α,β-unsaturated/α-hetero) is 1. The third-order valence-corrected chi connectivity index (χ3v) is 6.61. The number of hydrogen-bond acceptors (Lipinski definition) is 8. The van der Waals surface area contributed by atoms with Crippen LogP contribution in [0, 0.1) is 5.41 Å². The lowest BCUT2D eigenvalue weighted by molar-refractivity contribution is -0.119. The van der Waals surface area contributed by atoms with Crippen molar-refractivity contribution >= 4 is 11.6 Å². The van der Waals surface area contributed by atoms with Crippen LogP contribution in [0.4, 0.5) is 5.82 Å². The summed E-state index contributed by atoms with van der Waals surface area (Å²) in [6.07, 6.45) is 6.62. The highest BCUT2D eigenvalue weighted by molar-refractivity contribution is 5.84. The number of pyridine rings is 1. The lowest BCUT2D eigenvalue weighted by Crippen LogP contribution is -2.30. The number of carbonyl (C=O) groups excluding carboxylic acids is 1. The average Bonchev–Trinajstić information content (AvgIpc) is 3.46. The van der Waals surface area contributed by atoms with E-state index in [4.69, 9.17) is 19.4 Å². The number of likely N-dealkylation sites (N-methyl/N-ethyl adjacent to an activating group) is 1. The third kappa shape index (κ3) is 6.76. The van der Waals surface area contributed by atoms with Crippen LogP contribution >= 0.6 is 0 Å². The van der Waals surface area contributed by atoms with Gasteiger partial charge in [0, 0.05) is 63.7 Å². The molecule has 0 saturated carbocycles. The number of ketones is 1. The van der Waals surface area contributed by atoms with Crippen molar-refractivity contribution in [2.24, 2.45) is 5.41 Å². The second-order valence-electron chi connectivity index (χ2n) is 11.0. The quantitative estimate of drug-likeness (QED) is 0.510. The van der Waals surface area contributed by atoms with Crippen LogP contribution < -0.4 is 9.64 Å². The molecule has 2 aromatic rings. The zero-order chi connectivity index (χ0) is 25.0. The standard InChI is InChI=1S/C27H39N5O3/c1-27(2,3)16-19(33)17-31(4)26-22-7-6-8-23(22)29-25(30-26)24-15-20(9-11-28-24)35-14-13-32-12-10-21(18-32)34-5/h9,11,15,21H,6-8,10,12-14,16-18H2,1-5H3/t21-/m1/s1. The number of ether oxygens (including phenoxy) is 2. The van der Waals surface area contributed by atoms with Crippen LogP contribution in [0.3, 0.4) is 0 Å². The zero-order valence-corrected chi connectivity index (χ0v) is 21.8. The van der Waals surface area contributed by atoms with E-state index in [0.717, 1.165) is 68.1 Å². The highest BCUT2D eigenvalue weighted by Gasteiger charge is 2.25. The first kappa shape index (κ1) is 25.5. The number of hydrogen-bond donors (Lipinski definition) is 0. The van der Waals surface area contributed by atoms with Crippen LogP contribution in [-0.4, -0.2) is 78.7 Å². The molecule has 190 valence electrons. The minimum atomic E-state index is -0.0265. The van der Waals surface area contributed by atoms with Crippen molar-refractivity contribution in [2.75, 3.05) is 51.8 Å². The lowest BCUT2D eigenvalue weighted by atomic mass is 9.90. The second kappa shape index (κ2) is 11.0. The fourth-order valence-corrected chi connectivity index (χ4v) is 4.94. The van der Waals surface area contributed by atoms with E-state index in [1.54, 1.807) is 13.3 Å². The largest absolute Gasteiger partial charge is 0.492 e. The van der Waals surface area contributed by atoms with Gasteiger partial charge in [0.15, 0.2) is 11.6 Å². The Hall–Kier alpha value is -2.58. The van der Waals surface area contributed by atoms with Gasteiger partial charge in [-0.15, -0.1) is 0 Å². The summed E-state index contributed by atoms with van der Waals surface area (Å²) >= 11 is 0. The molecule has 0 bridgehead atoms. The van der Waals surface area contributed by atoms with Gasteiger partial charge in [-0.05, 0) is 37.2 Å². The number of rotatable bonds is 10. The molecule has 1 fully saturated rings. The maximum atomic E-state index is 12.6. The van der Waals surface area contributed by atoms with Gasteiger partial charge in [-0.1, -0.05) is 20.8 Å². The molecule has 2 aromatic heterocycles. The number of likely N-dealkylation sites (tertiary alicyclic amines) is 1. The van der Waals surface area contributed by atoms with Crippen molar-refractivity contribution in [3.05, 3.63) is 29.6 Å². The van der Waals surface area contributed by atoms with Gasteiger partial charge in [-0.3, -0.25) is 14.7 Å². The smallest absolute Gasteiger partial charge is 0.180 e. The monoisotopic (exact) mass is 481 g/mol. The topological polar surface area (TPSA) is 80.7 Å². The van der Waals surface area contributed by atoms with Crippen molar-refractivity contribution in [2.45, 2.75) is 59.0 Å². The van der Waals surface area contributed by atoms with Crippen molar-refractivity contribution in [1.29, 1.82) is 0 Å². The molecule has 0 aromatic carbocycles. The highest BCUT2D eigenvalue weighted by Crippen LogP contribution is 2.31. The number of aromatic nitrogens is 3. The van der Waals surface area contributed by atoms with E-state index in [0.29, 0.717) is 37.2 Å². The van der Waals surface area contributed by atoms with Crippen LogP contribution in [-0.2, 0) is 22.4 Å². The Morgan fingerprint density at radius 2 is 2.09 bits per heavy atom. The van der Waals surface area contributed by atoms with Gasteiger partial charge in [0.05, 0.1) is 12.6 Å². The average molecular weight is 482 g/mol. The fraction of sp³-hybridized carbons (Fsp3) is 0.630. The summed E-state index contributed by atoms with van der Waals surface area (Å²) in [4.78, 5) is 31.3. The minimum Gasteiger partial charge on any atom is -0.492 e. The summed E-state index contributed by atoms with van der Waals surface area (Å²) in [6, 6.07) is 3.78. The molecule has 2 aliphatic rings. The predicted octanol–water partition coefficient (Wildman–Crippen LogP) is 3.57. The second-order valence-corrected chi connectivity index (χ2v) is 11.0. The first-order valence-corrected chi connectivity index (χ1v) is 12.7. The number of nitrogens with zero attached hydrogens (tertiary/aromatic N) is 5. The zero-order valence-electron chi connectivity index (χ0n) is 21.8. The Morgan fingerprint density at radius 1 is 1.26 bits per heavy atom. The van der Waals surface area contributed by atoms with E-state index in [2.05, 4.69) is 30.7 Å². The molecule has 1 aliphatic heterocycles. The maximum Gasteiger partial charge on any atom is 0.180 e. The molecule has 0 N–H and O–H groups in total. The number of carbonyl (C=O) groups is 1. The predicted molar refractivity (Wildman–Crippen MR) is 137 cm³/mol. The Labute approximate surface area is 209 Å². The molecule has 4 rings (SSSR count). The first-order chi connectivity index (χ1) is 16.7. The lowest BCUT2D eigenvalue weighted by Gasteiger charge is -2.23. The Kier molecular flexibility index (Phi) is 8.02. The van der Waals surface area contributed by atoms with E-state index in [1.165, 1.54) is 0 Å².